The third kappa shape index (κ3) is 1.44. The molecule has 0 saturated carbocycles. The smallest absolute Gasteiger partial charge is 0.103 e. The standard InChI is InChI=1S/C10H14N4/c1-7-12-9(5-11)10(13-7)8-3-4-14(2)6-8/h3-4,6H,5,11H2,1-2H3,(H,12,13). The molecule has 4 heteroatoms. The van der Waals surface area contributed by atoms with Crippen LogP contribution in [0, 0.1) is 6.92 Å². The predicted molar refractivity (Wildman–Crippen MR) is 55.6 cm³/mol. The molecule has 0 aliphatic carbocycles. The number of nitrogens with one attached hydrogen (secondary N) is 1. The number of rotatable bonds is 2. The minimum Gasteiger partial charge on any atom is -0.357 e. The summed E-state index contributed by atoms with van der Waals surface area (Å²) >= 11 is 0. The van der Waals surface area contributed by atoms with Gasteiger partial charge in [0.05, 0.1) is 11.4 Å². The van der Waals surface area contributed by atoms with E-state index in [2.05, 4.69) is 9.97 Å². The van der Waals surface area contributed by atoms with Gasteiger partial charge in [-0.2, -0.15) is 0 Å². The maximum atomic E-state index is 5.63. The molecule has 0 atom stereocenters. The zero-order valence-electron chi connectivity index (χ0n) is 8.41. The Morgan fingerprint density at radius 2 is 2.36 bits per heavy atom. The zero-order chi connectivity index (χ0) is 10.1. The van der Waals surface area contributed by atoms with E-state index in [0.29, 0.717) is 6.54 Å². The molecular weight excluding hydrogens is 176 g/mol. The van der Waals surface area contributed by atoms with Crippen LogP contribution in [-0.2, 0) is 13.6 Å². The summed E-state index contributed by atoms with van der Waals surface area (Å²) in [5.74, 6) is 0.907. The Bertz CT molecular complexity index is 439. The SMILES string of the molecule is Cc1nc(-c2ccn(C)c2)c(CN)[nH]1. The predicted octanol–water partition coefficient (Wildman–Crippen LogP) is 1.18. The normalized spacial score (nSPS) is 10.8. The zero-order valence-corrected chi connectivity index (χ0v) is 8.41. The highest BCUT2D eigenvalue weighted by Gasteiger charge is 2.09. The first kappa shape index (κ1) is 9.02. The van der Waals surface area contributed by atoms with Gasteiger partial charge in [-0.1, -0.05) is 0 Å². The second-order valence-corrected chi connectivity index (χ2v) is 3.42. The summed E-state index contributed by atoms with van der Waals surface area (Å²) in [6, 6.07) is 2.04. The van der Waals surface area contributed by atoms with Gasteiger partial charge in [-0.25, -0.2) is 4.98 Å². The molecule has 74 valence electrons. The van der Waals surface area contributed by atoms with Gasteiger partial charge in [0.25, 0.3) is 0 Å². The summed E-state index contributed by atoms with van der Waals surface area (Å²) in [4.78, 5) is 7.57. The lowest BCUT2D eigenvalue weighted by molar-refractivity contribution is 0.928. The fourth-order valence-electron chi connectivity index (χ4n) is 1.57. The highest BCUT2D eigenvalue weighted by atomic mass is 15.0. The van der Waals surface area contributed by atoms with Gasteiger partial charge in [-0.3, -0.25) is 0 Å². The topological polar surface area (TPSA) is 59.6 Å². The summed E-state index contributed by atoms with van der Waals surface area (Å²) in [7, 11) is 1.99. The van der Waals surface area contributed by atoms with Gasteiger partial charge in [0.2, 0.25) is 0 Å². The van der Waals surface area contributed by atoms with Crippen molar-refractivity contribution in [3.63, 3.8) is 0 Å². The monoisotopic (exact) mass is 190 g/mol. The number of nitrogens with zero attached hydrogens (tertiary/aromatic N) is 2. The van der Waals surface area contributed by atoms with Crippen molar-refractivity contribution in [2.45, 2.75) is 13.5 Å². The van der Waals surface area contributed by atoms with Crippen molar-refractivity contribution in [3.8, 4) is 11.3 Å². The van der Waals surface area contributed by atoms with Crippen LogP contribution in [0.5, 0.6) is 0 Å². The van der Waals surface area contributed by atoms with Crippen LogP contribution in [0.1, 0.15) is 11.5 Å². The number of aromatic amines is 1. The van der Waals surface area contributed by atoms with E-state index in [9.17, 15) is 0 Å². The van der Waals surface area contributed by atoms with Crippen LogP contribution in [0.25, 0.3) is 11.3 Å². The van der Waals surface area contributed by atoms with Crippen molar-refractivity contribution < 1.29 is 0 Å². The third-order valence-electron chi connectivity index (χ3n) is 2.21. The van der Waals surface area contributed by atoms with Gasteiger partial charge in [-0.15, -0.1) is 0 Å². The molecule has 0 radical (unpaired) electrons. The van der Waals surface area contributed by atoms with Crippen LogP contribution in [0.15, 0.2) is 18.5 Å². The number of hydrogen-bond donors (Lipinski definition) is 2. The quantitative estimate of drug-likeness (QED) is 0.747. The maximum absolute atomic E-state index is 5.63. The van der Waals surface area contributed by atoms with Gasteiger partial charge in [0.1, 0.15) is 5.82 Å². The van der Waals surface area contributed by atoms with E-state index in [-0.39, 0.29) is 0 Å². The molecule has 0 aromatic carbocycles. The van der Waals surface area contributed by atoms with Crippen molar-refractivity contribution in [2.24, 2.45) is 12.8 Å². The molecule has 14 heavy (non-hydrogen) atoms. The number of H-pyrrole nitrogens is 1. The van der Waals surface area contributed by atoms with E-state index in [4.69, 9.17) is 5.73 Å². The summed E-state index contributed by atoms with van der Waals surface area (Å²) in [5.41, 5.74) is 8.70. The highest BCUT2D eigenvalue weighted by molar-refractivity contribution is 5.61. The number of aryl methyl sites for hydroxylation is 2. The van der Waals surface area contributed by atoms with E-state index in [0.717, 1.165) is 22.8 Å². The van der Waals surface area contributed by atoms with Crippen LogP contribution in [0.3, 0.4) is 0 Å². The second kappa shape index (κ2) is 3.31. The largest absolute Gasteiger partial charge is 0.357 e. The second-order valence-electron chi connectivity index (χ2n) is 3.42. The molecule has 2 rings (SSSR count). The minimum atomic E-state index is 0.491. The van der Waals surface area contributed by atoms with Gasteiger partial charge in [-0.05, 0) is 13.0 Å². The molecule has 0 aliphatic rings. The Morgan fingerprint density at radius 3 is 2.93 bits per heavy atom. The Morgan fingerprint density at radius 1 is 1.57 bits per heavy atom. The minimum absolute atomic E-state index is 0.491. The number of nitrogens with two attached hydrogens (primary N) is 1. The first-order valence-corrected chi connectivity index (χ1v) is 4.58. The van der Waals surface area contributed by atoms with Crippen molar-refractivity contribution in [2.75, 3.05) is 0 Å². The van der Waals surface area contributed by atoms with E-state index in [1.807, 2.05) is 37.0 Å². The molecular formula is C10H14N4. The molecule has 0 fully saturated rings. The molecule has 2 heterocycles. The molecule has 4 nitrogen and oxygen atoms in total. The van der Waals surface area contributed by atoms with Gasteiger partial charge >= 0.3 is 0 Å². The van der Waals surface area contributed by atoms with Crippen molar-refractivity contribution in [3.05, 3.63) is 30.0 Å². The molecule has 0 aliphatic heterocycles. The molecule has 0 spiro atoms. The van der Waals surface area contributed by atoms with E-state index < -0.39 is 0 Å². The van der Waals surface area contributed by atoms with Crippen molar-refractivity contribution in [1.82, 2.24) is 14.5 Å². The lowest BCUT2D eigenvalue weighted by Gasteiger charge is -1.95. The average Bonchev–Trinajstić information content (AvgIpc) is 2.71. The van der Waals surface area contributed by atoms with Crippen LogP contribution < -0.4 is 5.73 Å². The fourth-order valence-corrected chi connectivity index (χ4v) is 1.57. The molecule has 2 aromatic rings. The lowest BCUT2D eigenvalue weighted by Crippen LogP contribution is -1.98. The molecule has 0 unspecified atom stereocenters. The first-order valence-electron chi connectivity index (χ1n) is 4.58. The van der Waals surface area contributed by atoms with Crippen LogP contribution >= 0.6 is 0 Å². The summed E-state index contributed by atoms with van der Waals surface area (Å²) in [6.07, 6.45) is 4.04. The van der Waals surface area contributed by atoms with E-state index in [1.54, 1.807) is 0 Å². The fraction of sp³-hybridized carbons (Fsp3) is 0.300. The third-order valence-corrected chi connectivity index (χ3v) is 2.21. The Balaban J connectivity index is 2.49. The van der Waals surface area contributed by atoms with Gasteiger partial charge in [0, 0.05) is 31.5 Å². The summed E-state index contributed by atoms with van der Waals surface area (Å²) in [5, 5.41) is 0. The molecule has 0 bridgehead atoms. The number of aromatic nitrogens is 3. The molecule has 0 amide bonds. The Kier molecular flexibility index (Phi) is 2.13. The van der Waals surface area contributed by atoms with E-state index >= 15 is 0 Å². The molecule has 2 aromatic heterocycles. The first-order chi connectivity index (χ1) is 6.70. The average molecular weight is 190 g/mol. The number of hydrogen-bond acceptors (Lipinski definition) is 2. The lowest BCUT2D eigenvalue weighted by atomic mass is 10.2. The van der Waals surface area contributed by atoms with Gasteiger partial charge in [0.15, 0.2) is 0 Å². The number of imidazole rings is 1. The van der Waals surface area contributed by atoms with Crippen molar-refractivity contribution in [1.29, 1.82) is 0 Å². The van der Waals surface area contributed by atoms with E-state index in [1.165, 1.54) is 0 Å². The van der Waals surface area contributed by atoms with Crippen LogP contribution in [0.2, 0.25) is 0 Å². The summed E-state index contributed by atoms with van der Waals surface area (Å²) in [6.45, 7) is 2.43. The van der Waals surface area contributed by atoms with Crippen LogP contribution in [-0.4, -0.2) is 14.5 Å². The highest BCUT2D eigenvalue weighted by Crippen LogP contribution is 2.21. The Labute approximate surface area is 82.8 Å². The molecule has 3 N–H and O–H groups in total. The molecule has 0 saturated heterocycles. The summed E-state index contributed by atoms with van der Waals surface area (Å²) < 4.78 is 2.00. The Hall–Kier alpha value is -1.55. The van der Waals surface area contributed by atoms with Gasteiger partial charge < -0.3 is 15.3 Å². The van der Waals surface area contributed by atoms with Crippen molar-refractivity contribution >= 4 is 0 Å². The van der Waals surface area contributed by atoms with Crippen LogP contribution in [0.4, 0.5) is 0 Å². The maximum Gasteiger partial charge on any atom is 0.103 e.